The molecular formula is C17H17ClN4O2S. The third kappa shape index (κ3) is 3.43. The first-order valence-electron chi connectivity index (χ1n) is 7.58. The van der Waals surface area contributed by atoms with Crippen LogP contribution in [0.15, 0.2) is 51.2 Å². The van der Waals surface area contributed by atoms with Gasteiger partial charge in [0.2, 0.25) is 0 Å². The summed E-state index contributed by atoms with van der Waals surface area (Å²) < 4.78 is 3.13. The number of nitrogens with zero attached hydrogens (tertiary/aromatic N) is 3. The third-order valence-electron chi connectivity index (χ3n) is 3.71. The number of aromatic amines is 1. The number of aryl methyl sites for hydroxylation is 1. The average molecular weight is 377 g/mol. The second-order valence-corrected chi connectivity index (χ2v) is 7.16. The molecule has 1 aromatic carbocycles. The molecule has 0 aliphatic heterocycles. The number of benzene rings is 1. The van der Waals surface area contributed by atoms with Gasteiger partial charge in [-0.1, -0.05) is 53.7 Å². The Balaban J connectivity index is 2.22. The minimum absolute atomic E-state index is 0.352. The number of halogens is 1. The van der Waals surface area contributed by atoms with E-state index < -0.39 is 11.2 Å². The summed E-state index contributed by atoms with van der Waals surface area (Å²) >= 11 is 7.74. The van der Waals surface area contributed by atoms with Crippen LogP contribution >= 0.6 is 23.4 Å². The van der Waals surface area contributed by atoms with Gasteiger partial charge in [0.15, 0.2) is 16.3 Å². The highest BCUT2D eigenvalue weighted by molar-refractivity contribution is 7.99. The van der Waals surface area contributed by atoms with Crippen molar-refractivity contribution in [2.24, 2.45) is 7.05 Å². The molecule has 0 aliphatic rings. The maximum absolute atomic E-state index is 12.4. The largest absolute Gasteiger partial charge is 0.329 e. The monoisotopic (exact) mass is 376 g/mol. The second-order valence-electron chi connectivity index (χ2n) is 5.81. The summed E-state index contributed by atoms with van der Waals surface area (Å²) in [7, 11) is 1.58. The van der Waals surface area contributed by atoms with E-state index in [1.165, 1.54) is 16.3 Å². The van der Waals surface area contributed by atoms with E-state index in [4.69, 9.17) is 11.6 Å². The number of rotatable bonds is 5. The minimum Gasteiger partial charge on any atom is -0.309 e. The molecule has 1 N–H and O–H groups in total. The fraction of sp³-hybridized carbons (Fsp3) is 0.235. The molecule has 6 nitrogen and oxygen atoms in total. The van der Waals surface area contributed by atoms with Gasteiger partial charge in [0.05, 0.1) is 6.54 Å². The lowest BCUT2D eigenvalue weighted by Gasteiger charge is -2.10. The predicted octanol–water partition coefficient (Wildman–Crippen LogP) is 2.79. The Morgan fingerprint density at radius 2 is 2.08 bits per heavy atom. The maximum atomic E-state index is 12.4. The molecule has 0 atom stereocenters. The first-order valence-corrected chi connectivity index (χ1v) is 8.95. The number of imidazole rings is 1. The molecule has 3 rings (SSSR count). The summed E-state index contributed by atoms with van der Waals surface area (Å²) in [5.41, 5.74) is 1.62. The van der Waals surface area contributed by atoms with Crippen LogP contribution in [0.4, 0.5) is 0 Å². The van der Waals surface area contributed by atoms with Crippen molar-refractivity contribution in [3.05, 3.63) is 67.8 Å². The number of hydrogen-bond acceptors (Lipinski definition) is 4. The number of H-pyrrole nitrogens is 1. The van der Waals surface area contributed by atoms with Crippen molar-refractivity contribution in [2.45, 2.75) is 18.6 Å². The molecule has 0 unspecified atom stereocenters. The first-order chi connectivity index (χ1) is 11.9. The molecule has 3 aromatic rings. The van der Waals surface area contributed by atoms with E-state index in [1.54, 1.807) is 17.7 Å². The highest BCUT2D eigenvalue weighted by Crippen LogP contribution is 2.25. The molecule has 25 heavy (non-hydrogen) atoms. The average Bonchev–Trinajstić information content (AvgIpc) is 2.92. The van der Waals surface area contributed by atoms with E-state index in [0.717, 1.165) is 11.1 Å². The van der Waals surface area contributed by atoms with Crippen LogP contribution in [-0.2, 0) is 13.6 Å². The highest BCUT2D eigenvalue weighted by Gasteiger charge is 2.18. The molecule has 8 heteroatoms. The minimum atomic E-state index is -0.489. The van der Waals surface area contributed by atoms with Gasteiger partial charge in [-0.25, -0.2) is 9.78 Å². The van der Waals surface area contributed by atoms with Crippen molar-refractivity contribution < 1.29 is 0 Å². The highest BCUT2D eigenvalue weighted by atomic mass is 35.5. The quantitative estimate of drug-likeness (QED) is 0.549. The predicted molar refractivity (Wildman–Crippen MR) is 102 cm³/mol. The standard InChI is InChI=1S/C17H17ClN4O2S/c1-10(2)9-25-17-19-14-13(15(23)20-16(24)21(14)3)22(17)8-11-6-4-5-7-12(11)18/h4-7H,1,8-9H2,2-3H3,(H,20,23,24). The van der Waals surface area contributed by atoms with Gasteiger partial charge in [-0.3, -0.25) is 14.3 Å². The summed E-state index contributed by atoms with van der Waals surface area (Å²) in [5, 5.41) is 1.26. The molecule has 0 bridgehead atoms. The van der Waals surface area contributed by atoms with Crippen LogP contribution < -0.4 is 11.2 Å². The lowest BCUT2D eigenvalue weighted by Crippen LogP contribution is -2.29. The van der Waals surface area contributed by atoms with Crippen molar-refractivity contribution in [1.29, 1.82) is 0 Å². The molecule has 0 aliphatic carbocycles. The van der Waals surface area contributed by atoms with Crippen molar-refractivity contribution in [2.75, 3.05) is 5.75 Å². The zero-order valence-electron chi connectivity index (χ0n) is 13.9. The van der Waals surface area contributed by atoms with E-state index in [0.29, 0.717) is 33.6 Å². The Kier molecular flexibility index (Phi) is 4.87. The van der Waals surface area contributed by atoms with E-state index in [2.05, 4.69) is 16.5 Å². The molecule has 0 radical (unpaired) electrons. The summed E-state index contributed by atoms with van der Waals surface area (Å²) in [6.45, 7) is 6.21. The topological polar surface area (TPSA) is 72.7 Å². The molecule has 0 fully saturated rings. The van der Waals surface area contributed by atoms with Crippen LogP contribution in [0.5, 0.6) is 0 Å². The van der Waals surface area contributed by atoms with E-state index in [1.807, 2.05) is 25.1 Å². The SMILES string of the molecule is C=C(C)CSc1nc2c(c(=O)[nH]c(=O)n2C)n1Cc1ccccc1Cl. The van der Waals surface area contributed by atoms with Gasteiger partial charge in [-0.2, -0.15) is 0 Å². The molecule has 130 valence electrons. The van der Waals surface area contributed by atoms with Crippen molar-refractivity contribution in [1.82, 2.24) is 19.1 Å². The summed E-state index contributed by atoms with van der Waals surface area (Å²) in [4.78, 5) is 31.1. The van der Waals surface area contributed by atoms with Gasteiger partial charge in [-0.15, -0.1) is 0 Å². The van der Waals surface area contributed by atoms with Gasteiger partial charge >= 0.3 is 5.69 Å². The lowest BCUT2D eigenvalue weighted by atomic mass is 10.2. The maximum Gasteiger partial charge on any atom is 0.329 e. The molecule has 2 aromatic heterocycles. The van der Waals surface area contributed by atoms with E-state index in [-0.39, 0.29) is 0 Å². The van der Waals surface area contributed by atoms with Crippen LogP contribution in [0.25, 0.3) is 11.2 Å². The molecular weight excluding hydrogens is 360 g/mol. The van der Waals surface area contributed by atoms with Crippen LogP contribution in [0, 0.1) is 0 Å². The third-order valence-corrected chi connectivity index (χ3v) is 5.28. The van der Waals surface area contributed by atoms with Crippen LogP contribution in [0.3, 0.4) is 0 Å². The summed E-state index contributed by atoms with van der Waals surface area (Å²) in [6, 6.07) is 7.44. The lowest BCUT2D eigenvalue weighted by molar-refractivity contribution is 0.728. The van der Waals surface area contributed by atoms with Crippen LogP contribution in [0.1, 0.15) is 12.5 Å². The van der Waals surface area contributed by atoms with Crippen molar-refractivity contribution in [3.63, 3.8) is 0 Å². The van der Waals surface area contributed by atoms with Crippen LogP contribution in [0.2, 0.25) is 5.02 Å². The Morgan fingerprint density at radius 1 is 1.36 bits per heavy atom. The summed E-state index contributed by atoms with van der Waals surface area (Å²) in [6.07, 6.45) is 0. The Hall–Kier alpha value is -2.25. The number of nitrogens with one attached hydrogen (secondary N) is 1. The van der Waals surface area contributed by atoms with Crippen molar-refractivity contribution >= 4 is 34.5 Å². The molecule has 0 saturated carbocycles. The smallest absolute Gasteiger partial charge is 0.309 e. The Labute approximate surface area is 153 Å². The molecule has 0 spiro atoms. The van der Waals surface area contributed by atoms with Crippen LogP contribution in [-0.4, -0.2) is 24.9 Å². The van der Waals surface area contributed by atoms with Gasteiger partial charge in [0.25, 0.3) is 5.56 Å². The van der Waals surface area contributed by atoms with E-state index in [9.17, 15) is 9.59 Å². The zero-order chi connectivity index (χ0) is 18.1. The Morgan fingerprint density at radius 3 is 2.76 bits per heavy atom. The number of hydrogen-bond donors (Lipinski definition) is 1. The number of thioether (sulfide) groups is 1. The second kappa shape index (κ2) is 6.93. The fourth-order valence-corrected chi connectivity index (χ4v) is 3.49. The van der Waals surface area contributed by atoms with Gasteiger partial charge in [0, 0.05) is 17.8 Å². The van der Waals surface area contributed by atoms with Gasteiger partial charge in [-0.05, 0) is 18.6 Å². The molecule has 0 saturated heterocycles. The molecule has 0 amide bonds. The van der Waals surface area contributed by atoms with Gasteiger partial charge < -0.3 is 4.57 Å². The zero-order valence-corrected chi connectivity index (χ0v) is 15.4. The normalized spacial score (nSPS) is 11.2. The number of aromatic nitrogens is 4. The van der Waals surface area contributed by atoms with Crippen molar-refractivity contribution in [3.8, 4) is 0 Å². The fourth-order valence-electron chi connectivity index (χ4n) is 2.46. The van der Waals surface area contributed by atoms with E-state index >= 15 is 0 Å². The Bertz CT molecular complexity index is 1080. The van der Waals surface area contributed by atoms with Gasteiger partial charge in [0.1, 0.15) is 0 Å². The first kappa shape index (κ1) is 17.6. The molecule has 2 heterocycles. The summed E-state index contributed by atoms with van der Waals surface area (Å²) in [5.74, 6) is 0.664. The number of fused-ring (bicyclic) bond motifs is 1.